The zero-order valence-electron chi connectivity index (χ0n) is 6.38. The van der Waals surface area contributed by atoms with Crippen molar-refractivity contribution in [1.29, 1.82) is 0 Å². The van der Waals surface area contributed by atoms with Gasteiger partial charge in [0.05, 0.1) is 11.5 Å². The Bertz CT molecular complexity index is 319. The first-order valence-corrected chi connectivity index (χ1v) is 3.28. The Morgan fingerprint density at radius 3 is 2.77 bits per heavy atom. The molecule has 0 aromatic carbocycles. The first kappa shape index (κ1) is 9.20. The van der Waals surface area contributed by atoms with Gasteiger partial charge in [0.2, 0.25) is 0 Å². The van der Waals surface area contributed by atoms with E-state index >= 15 is 0 Å². The van der Waals surface area contributed by atoms with Gasteiger partial charge in [-0.3, -0.25) is 20.4 Å². The second kappa shape index (κ2) is 3.23. The molecule has 1 heterocycles. The zero-order valence-corrected chi connectivity index (χ0v) is 6.38. The smallest absolute Gasteiger partial charge is 0.344 e. The van der Waals surface area contributed by atoms with E-state index in [4.69, 9.17) is 10.3 Å². The molecule has 2 N–H and O–H groups in total. The molecular formula is C6H6N2O5. The topological polar surface area (TPSA) is 104 Å². The molecule has 1 aliphatic heterocycles. The van der Waals surface area contributed by atoms with Crippen LogP contribution in [0.3, 0.4) is 0 Å². The fraction of sp³-hybridized carbons (Fsp3) is 0.167. The second-order valence-corrected chi connectivity index (χ2v) is 2.32. The lowest BCUT2D eigenvalue weighted by molar-refractivity contribution is -0.421. The maximum Gasteiger partial charge on any atom is 0.344 e. The van der Waals surface area contributed by atoms with E-state index < -0.39 is 22.2 Å². The van der Waals surface area contributed by atoms with Crippen molar-refractivity contribution < 1.29 is 20.0 Å². The maximum absolute atomic E-state index is 10.5. The fourth-order valence-corrected chi connectivity index (χ4v) is 0.895. The van der Waals surface area contributed by atoms with Crippen molar-refractivity contribution in [1.82, 2.24) is 5.06 Å². The van der Waals surface area contributed by atoms with Crippen LogP contribution in [-0.2, 0) is 4.79 Å². The van der Waals surface area contributed by atoms with Gasteiger partial charge in [-0.2, -0.15) is 0 Å². The van der Waals surface area contributed by atoms with Crippen LogP contribution < -0.4 is 0 Å². The second-order valence-electron chi connectivity index (χ2n) is 2.32. The first-order chi connectivity index (χ1) is 6.02. The molecule has 70 valence electrons. The monoisotopic (exact) mass is 186 g/mol. The third-order valence-electron chi connectivity index (χ3n) is 1.45. The molecule has 0 aromatic rings. The van der Waals surface area contributed by atoms with Gasteiger partial charge < -0.3 is 5.11 Å². The maximum atomic E-state index is 10.5. The molecule has 0 aliphatic carbocycles. The largest absolute Gasteiger partial charge is 0.477 e. The number of hydroxylamine groups is 2. The predicted molar refractivity (Wildman–Crippen MR) is 39.3 cm³/mol. The van der Waals surface area contributed by atoms with Crippen molar-refractivity contribution in [3.63, 3.8) is 0 Å². The molecule has 0 unspecified atom stereocenters. The Hall–Kier alpha value is -1.89. The highest BCUT2D eigenvalue weighted by molar-refractivity contribution is 5.91. The van der Waals surface area contributed by atoms with E-state index in [1.165, 1.54) is 0 Å². The molecule has 7 heteroatoms. The molecule has 1 aliphatic rings. The molecule has 0 atom stereocenters. The molecule has 13 heavy (non-hydrogen) atoms. The van der Waals surface area contributed by atoms with E-state index in [0.29, 0.717) is 5.06 Å². The minimum Gasteiger partial charge on any atom is -0.477 e. The summed E-state index contributed by atoms with van der Waals surface area (Å²) in [7, 11) is 0. The lowest BCUT2D eigenvalue weighted by atomic mass is 10.1. The summed E-state index contributed by atoms with van der Waals surface area (Å²) in [6, 6.07) is 0. The Balaban J connectivity index is 3.04. The van der Waals surface area contributed by atoms with Crippen LogP contribution in [0.4, 0.5) is 0 Å². The number of hydrogen-bond donors (Lipinski definition) is 2. The van der Waals surface area contributed by atoms with Gasteiger partial charge in [-0.1, -0.05) is 0 Å². The van der Waals surface area contributed by atoms with Crippen LogP contribution in [0.5, 0.6) is 0 Å². The summed E-state index contributed by atoms with van der Waals surface area (Å²) in [6.45, 7) is -0.0902. The van der Waals surface area contributed by atoms with E-state index in [0.717, 1.165) is 12.3 Å². The molecular weight excluding hydrogens is 180 g/mol. The normalized spacial score (nSPS) is 16.2. The number of carboxylic acid groups (broad SMARTS) is 1. The summed E-state index contributed by atoms with van der Waals surface area (Å²) in [5.74, 6) is -1.44. The molecule has 0 saturated heterocycles. The van der Waals surface area contributed by atoms with Crippen LogP contribution in [0.25, 0.3) is 0 Å². The van der Waals surface area contributed by atoms with Crippen molar-refractivity contribution in [3.8, 4) is 0 Å². The number of nitro groups is 1. The van der Waals surface area contributed by atoms with Gasteiger partial charge in [0.25, 0.3) is 5.70 Å². The fourth-order valence-electron chi connectivity index (χ4n) is 0.895. The summed E-state index contributed by atoms with van der Waals surface area (Å²) < 4.78 is 0. The van der Waals surface area contributed by atoms with Gasteiger partial charge in [0, 0.05) is 12.3 Å². The highest BCUT2D eigenvalue weighted by atomic mass is 16.6. The van der Waals surface area contributed by atoms with Gasteiger partial charge in [0.15, 0.2) is 5.57 Å². The van der Waals surface area contributed by atoms with Crippen LogP contribution in [0.2, 0.25) is 0 Å². The van der Waals surface area contributed by atoms with Crippen molar-refractivity contribution in [3.05, 3.63) is 33.7 Å². The number of carbonyl (C=O) groups is 1. The molecule has 0 saturated carbocycles. The quantitative estimate of drug-likeness (QED) is 0.458. The summed E-state index contributed by atoms with van der Waals surface area (Å²) in [4.78, 5) is 20.0. The van der Waals surface area contributed by atoms with Gasteiger partial charge in [-0.25, -0.2) is 4.79 Å². The summed E-state index contributed by atoms with van der Waals surface area (Å²) in [5.41, 5.74) is -1.03. The highest BCUT2D eigenvalue weighted by Crippen LogP contribution is 2.15. The predicted octanol–water partition coefficient (Wildman–Crippen LogP) is -0.180. The Labute approximate surface area is 72.3 Å². The third-order valence-corrected chi connectivity index (χ3v) is 1.45. The highest BCUT2D eigenvalue weighted by Gasteiger charge is 2.27. The van der Waals surface area contributed by atoms with E-state index in [1.807, 2.05) is 0 Å². The van der Waals surface area contributed by atoms with E-state index in [2.05, 4.69) is 0 Å². The molecule has 0 amide bonds. The van der Waals surface area contributed by atoms with Gasteiger partial charge >= 0.3 is 5.97 Å². The third kappa shape index (κ3) is 1.82. The molecule has 0 fully saturated rings. The zero-order chi connectivity index (χ0) is 10.0. The Morgan fingerprint density at radius 1 is 1.69 bits per heavy atom. The molecule has 0 bridgehead atoms. The number of hydrogen-bond acceptors (Lipinski definition) is 5. The molecule has 7 nitrogen and oxygen atoms in total. The van der Waals surface area contributed by atoms with Gasteiger partial charge in [-0.15, -0.1) is 0 Å². The van der Waals surface area contributed by atoms with Crippen molar-refractivity contribution in [2.24, 2.45) is 0 Å². The van der Waals surface area contributed by atoms with Crippen LogP contribution in [0.1, 0.15) is 0 Å². The van der Waals surface area contributed by atoms with Crippen molar-refractivity contribution in [2.45, 2.75) is 0 Å². The molecule has 0 radical (unpaired) electrons. The lowest BCUT2D eigenvalue weighted by Crippen LogP contribution is -2.23. The van der Waals surface area contributed by atoms with Crippen LogP contribution in [0.15, 0.2) is 23.5 Å². The van der Waals surface area contributed by atoms with Gasteiger partial charge in [-0.05, 0) is 0 Å². The minimum atomic E-state index is -1.44. The van der Waals surface area contributed by atoms with Crippen LogP contribution in [-0.4, -0.2) is 32.8 Å². The molecule has 0 spiro atoms. The number of aliphatic carboxylic acids is 1. The number of rotatable bonds is 2. The molecule has 0 aromatic heterocycles. The van der Waals surface area contributed by atoms with Crippen molar-refractivity contribution in [2.75, 3.05) is 6.54 Å². The number of carboxylic acids is 1. The number of nitrogens with zero attached hydrogens (tertiary/aromatic N) is 2. The summed E-state index contributed by atoms with van der Waals surface area (Å²) in [5, 5.41) is 28.3. The Kier molecular flexibility index (Phi) is 2.29. The minimum absolute atomic E-state index is 0.0902. The first-order valence-electron chi connectivity index (χ1n) is 3.28. The SMILES string of the molecule is O=C(O)C1=CN(O)CC=C1[N+](=O)[O-]. The average molecular weight is 186 g/mol. The standard InChI is InChI=1S/C6H6N2O5/c9-6(10)4-3-7(11)2-1-5(4)8(12)13/h1,3,11H,2H2,(H,9,10). The van der Waals surface area contributed by atoms with Crippen LogP contribution in [0, 0.1) is 10.1 Å². The van der Waals surface area contributed by atoms with Crippen LogP contribution >= 0.6 is 0 Å². The van der Waals surface area contributed by atoms with Crippen molar-refractivity contribution >= 4 is 5.97 Å². The Morgan fingerprint density at radius 2 is 2.31 bits per heavy atom. The average Bonchev–Trinajstić information content (AvgIpc) is 2.03. The summed E-state index contributed by atoms with van der Waals surface area (Å²) in [6.07, 6.45) is 1.84. The van der Waals surface area contributed by atoms with Gasteiger partial charge in [0.1, 0.15) is 0 Å². The summed E-state index contributed by atoms with van der Waals surface area (Å²) >= 11 is 0. The lowest BCUT2D eigenvalue weighted by Gasteiger charge is -2.14. The van der Waals surface area contributed by atoms with E-state index in [9.17, 15) is 14.9 Å². The van der Waals surface area contributed by atoms with E-state index in [-0.39, 0.29) is 6.54 Å². The molecule has 1 rings (SSSR count). The van der Waals surface area contributed by atoms with E-state index in [1.54, 1.807) is 0 Å².